The normalized spacial score (nSPS) is 14.1. The third-order valence-corrected chi connectivity index (χ3v) is 8.63. The Balaban J connectivity index is 1.43. The predicted molar refractivity (Wildman–Crippen MR) is 151 cm³/mol. The Morgan fingerprint density at radius 2 is 1.56 bits per heavy atom. The molecule has 2 N–H and O–H groups in total. The van der Waals surface area contributed by atoms with Crippen LogP contribution < -0.4 is 14.5 Å². The summed E-state index contributed by atoms with van der Waals surface area (Å²) in [6, 6.07) is 16.5. The fourth-order valence-corrected chi connectivity index (χ4v) is 6.80. The van der Waals surface area contributed by atoms with Crippen molar-refractivity contribution in [3.8, 4) is 0 Å². The van der Waals surface area contributed by atoms with Crippen LogP contribution in [0.1, 0.15) is 27.0 Å². The first-order chi connectivity index (χ1) is 18.5. The minimum absolute atomic E-state index is 0.0234. The van der Waals surface area contributed by atoms with Crippen LogP contribution in [0.3, 0.4) is 0 Å². The number of hydrogen-bond acceptors (Lipinski definition) is 6. The zero-order valence-corrected chi connectivity index (χ0v) is 22.7. The molecule has 0 radical (unpaired) electrons. The number of rotatable bonds is 6. The van der Waals surface area contributed by atoms with E-state index in [2.05, 4.69) is 9.71 Å². The number of fused-ring (bicyclic) bond motifs is 1. The van der Waals surface area contributed by atoms with Crippen LogP contribution in [0.4, 0.5) is 21.6 Å². The molecule has 0 aliphatic carbocycles. The average molecular weight is 549 g/mol. The fourth-order valence-electron chi connectivity index (χ4n) is 5.30. The summed E-state index contributed by atoms with van der Waals surface area (Å²) in [5.74, 6) is -0.909. The van der Waals surface area contributed by atoms with Crippen molar-refractivity contribution in [2.24, 2.45) is 0 Å². The monoisotopic (exact) mass is 548 g/mol. The van der Waals surface area contributed by atoms with Gasteiger partial charge in [-0.3, -0.25) is 4.72 Å². The number of sulfonamides is 1. The van der Waals surface area contributed by atoms with Gasteiger partial charge in [-0.15, -0.1) is 0 Å². The number of carboxylic acids is 1. The number of aromatic nitrogens is 1. The highest BCUT2D eigenvalue weighted by Crippen LogP contribution is 2.30. The summed E-state index contributed by atoms with van der Waals surface area (Å²) in [5, 5.41) is 10.3. The van der Waals surface area contributed by atoms with Crippen LogP contribution in [0.5, 0.6) is 0 Å². The van der Waals surface area contributed by atoms with Gasteiger partial charge in [0.15, 0.2) is 0 Å². The van der Waals surface area contributed by atoms with Gasteiger partial charge in [0.25, 0.3) is 10.0 Å². The van der Waals surface area contributed by atoms with E-state index >= 15 is 0 Å². The molecule has 0 amide bonds. The maximum absolute atomic E-state index is 14.2. The molecule has 10 heteroatoms. The molecule has 1 aliphatic rings. The predicted octanol–water partition coefficient (Wildman–Crippen LogP) is 5.12. The van der Waals surface area contributed by atoms with E-state index in [1.54, 1.807) is 44.2 Å². The molecule has 0 bridgehead atoms. The zero-order chi connectivity index (χ0) is 27.9. The number of aromatic carboxylic acids is 1. The number of anilines is 3. The van der Waals surface area contributed by atoms with E-state index in [4.69, 9.17) is 0 Å². The topological polar surface area (TPSA) is 103 Å². The van der Waals surface area contributed by atoms with Gasteiger partial charge >= 0.3 is 5.97 Å². The minimum atomic E-state index is -3.91. The molecule has 39 heavy (non-hydrogen) atoms. The Bertz CT molecular complexity index is 1680. The average Bonchev–Trinajstić information content (AvgIpc) is 2.87. The number of pyridine rings is 1. The lowest BCUT2D eigenvalue weighted by molar-refractivity contribution is 0.0699. The van der Waals surface area contributed by atoms with E-state index in [-0.39, 0.29) is 22.0 Å². The highest BCUT2D eigenvalue weighted by atomic mass is 32.2. The number of nitrogens with zero attached hydrogens (tertiary/aromatic N) is 3. The van der Waals surface area contributed by atoms with Crippen molar-refractivity contribution in [1.29, 1.82) is 0 Å². The van der Waals surface area contributed by atoms with Gasteiger partial charge in [-0.25, -0.2) is 22.6 Å². The smallest absolute Gasteiger partial charge is 0.336 e. The SMILES string of the molecule is Cc1cc(C)c(S(=O)(=O)Nc2ccc3nc(N4CCN(c5ccccc5F)CC4)cc(C(=O)O)c3c2)c(C)c1. The Labute approximate surface area is 226 Å². The summed E-state index contributed by atoms with van der Waals surface area (Å²) in [6.45, 7) is 7.60. The van der Waals surface area contributed by atoms with Crippen LogP contribution in [0.2, 0.25) is 0 Å². The van der Waals surface area contributed by atoms with Crippen molar-refractivity contribution in [2.45, 2.75) is 25.7 Å². The third-order valence-electron chi connectivity index (χ3n) is 6.95. The minimum Gasteiger partial charge on any atom is -0.478 e. The standard InChI is InChI=1S/C29H29FN4O4S/c1-18-14-19(2)28(20(3)15-18)39(37,38)32-21-8-9-25-22(16-21)23(29(35)36)17-27(31-25)34-12-10-33(11-13-34)26-7-5-4-6-24(26)30/h4-9,14-17,32H,10-13H2,1-3H3,(H,35,36). The second-order valence-electron chi connectivity index (χ2n) is 9.82. The van der Waals surface area contributed by atoms with Crippen LogP contribution in [-0.4, -0.2) is 50.7 Å². The molecule has 1 fully saturated rings. The largest absolute Gasteiger partial charge is 0.478 e. The van der Waals surface area contributed by atoms with Crippen LogP contribution in [0, 0.1) is 26.6 Å². The highest BCUT2D eigenvalue weighted by Gasteiger charge is 2.24. The number of para-hydroxylation sites is 1. The molecular formula is C29H29FN4O4S. The lowest BCUT2D eigenvalue weighted by Crippen LogP contribution is -2.47. The van der Waals surface area contributed by atoms with Crippen LogP contribution in [0.15, 0.2) is 65.6 Å². The first-order valence-corrected chi connectivity index (χ1v) is 14.0. The Kier molecular flexibility index (Phi) is 6.90. The van der Waals surface area contributed by atoms with Gasteiger partial charge in [-0.05, 0) is 68.3 Å². The first-order valence-electron chi connectivity index (χ1n) is 12.6. The van der Waals surface area contributed by atoms with Crippen molar-refractivity contribution in [3.05, 3.63) is 88.7 Å². The van der Waals surface area contributed by atoms with Crippen molar-refractivity contribution in [1.82, 2.24) is 4.98 Å². The summed E-state index contributed by atoms with van der Waals surface area (Å²) >= 11 is 0. The zero-order valence-electron chi connectivity index (χ0n) is 21.9. The number of aryl methyl sites for hydroxylation is 3. The number of halogens is 1. The summed E-state index contributed by atoms with van der Waals surface area (Å²) in [5.41, 5.74) is 3.48. The molecule has 2 heterocycles. The Morgan fingerprint density at radius 3 is 2.21 bits per heavy atom. The number of carbonyl (C=O) groups is 1. The molecular weight excluding hydrogens is 519 g/mol. The van der Waals surface area contributed by atoms with Gasteiger partial charge in [-0.1, -0.05) is 29.8 Å². The molecule has 5 rings (SSSR count). The van der Waals surface area contributed by atoms with Crippen LogP contribution >= 0.6 is 0 Å². The van der Waals surface area contributed by atoms with Gasteiger partial charge in [0.1, 0.15) is 11.6 Å². The number of nitrogens with one attached hydrogen (secondary N) is 1. The molecule has 0 unspecified atom stereocenters. The number of piperazine rings is 1. The number of benzene rings is 3. The van der Waals surface area contributed by atoms with Crippen LogP contribution in [-0.2, 0) is 10.0 Å². The van der Waals surface area contributed by atoms with Gasteiger partial charge in [-0.2, -0.15) is 0 Å². The van der Waals surface area contributed by atoms with E-state index < -0.39 is 16.0 Å². The summed E-state index contributed by atoms with van der Waals surface area (Å²) < 4.78 is 43.3. The summed E-state index contributed by atoms with van der Waals surface area (Å²) in [7, 11) is -3.91. The fraction of sp³-hybridized carbons (Fsp3) is 0.241. The van der Waals surface area contributed by atoms with E-state index in [0.717, 1.165) is 5.56 Å². The molecule has 0 saturated carbocycles. The molecule has 4 aromatic rings. The van der Waals surface area contributed by atoms with Crippen molar-refractivity contribution in [3.63, 3.8) is 0 Å². The first kappa shape index (κ1) is 26.4. The molecule has 1 aromatic heterocycles. The molecule has 3 aromatic carbocycles. The summed E-state index contributed by atoms with van der Waals surface area (Å²) in [4.78, 5) is 21.1. The second-order valence-corrected chi connectivity index (χ2v) is 11.4. The van der Waals surface area contributed by atoms with Crippen LogP contribution in [0.25, 0.3) is 10.9 Å². The molecule has 1 aliphatic heterocycles. The second kappa shape index (κ2) is 10.2. The molecule has 8 nitrogen and oxygen atoms in total. The van der Waals surface area contributed by atoms with E-state index in [1.807, 2.05) is 28.9 Å². The lowest BCUT2D eigenvalue weighted by Gasteiger charge is -2.37. The summed E-state index contributed by atoms with van der Waals surface area (Å²) in [6.07, 6.45) is 0. The number of hydrogen-bond donors (Lipinski definition) is 2. The highest BCUT2D eigenvalue weighted by molar-refractivity contribution is 7.92. The Hall–Kier alpha value is -4.18. The van der Waals surface area contributed by atoms with Crippen molar-refractivity contribution in [2.75, 3.05) is 40.7 Å². The maximum Gasteiger partial charge on any atom is 0.336 e. The van der Waals surface area contributed by atoms with Gasteiger partial charge < -0.3 is 14.9 Å². The lowest BCUT2D eigenvalue weighted by atomic mass is 10.1. The third kappa shape index (κ3) is 5.24. The van der Waals surface area contributed by atoms with Gasteiger partial charge in [0, 0.05) is 37.3 Å². The molecule has 0 spiro atoms. The van der Waals surface area contributed by atoms with E-state index in [9.17, 15) is 22.7 Å². The van der Waals surface area contributed by atoms with Gasteiger partial charge in [0.2, 0.25) is 0 Å². The van der Waals surface area contributed by atoms with E-state index in [1.165, 1.54) is 18.2 Å². The number of carboxylic acid groups (broad SMARTS) is 1. The Morgan fingerprint density at radius 1 is 0.923 bits per heavy atom. The van der Waals surface area contributed by atoms with Crippen molar-refractivity contribution >= 4 is 44.1 Å². The quantitative estimate of drug-likeness (QED) is 0.345. The van der Waals surface area contributed by atoms with Gasteiger partial charge in [0.05, 0.1) is 21.7 Å². The molecule has 0 atom stereocenters. The van der Waals surface area contributed by atoms with E-state index in [0.29, 0.717) is 59.7 Å². The van der Waals surface area contributed by atoms with Crippen molar-refractivity contribution < 1.29 is 22.7 Å². The maximum atomic E-state index is 14.2. The molecule has 1 saturated heterocycles. The molecule has 202 valence electrons.